The van der Waals surface area contributed by atoms with Gasteiger partial charge in [-0.25, -0.2) is 0 Å². The van der Waals surface area contributed by atoms with Crippen LogP contribution in [0, 0.1) is 0 Å². The molecule has 0 aliphatic rings. The van der Waals surface area contributed by atoms with Crippen molar-refractivity contribution in [1.29, 1.82) is 0 Å². The fourth-order valence-electron chi connectivity index (χ4n) is 2.30. The minimum absolute atomic E-state index is 0.905. The van der Waals surface area contributed by atoms with E-state index in [0.717, 1.165) is 25.5 Å². The Bertz CT molecular complexity index is 690. The fraction of sp³-hybridized carbons (Fsp3) is 0.0667. The lowest BCUT2D eigenvalue weighted by Gasteiger charge is -2.12. The summed E-state index contributed by atoms with van der Waals surface area (Å²) in [6.45, 7) is 0. The Kier molecular flexibility index (Phi) is 3.04. The maximum Gasteiger partial charge on any atom is 0.136 e. The summed E-state index contributed by atoms with van der Waals surface area (Å²) in [6, 6.07) is 14.5. The van der Waals surface area contributed by atoms with Gasteiger partial charge in [0, 0.05) is 19.7 Å². The number of ether oxygens (including phenoxy) is 1. The normalized spacial score (nSPS) is 11.1. The summed E-state index contributed by atoms with van der Waals surface area (Å²) in [6.07, 6.45) is 0. The quantitative estimate of drug-likeness (QED) is 0.515. The minimum Gasteiger partial charge on any atom is -0.495 e. The van der Waals surface area contributed by atoms with Crippen LogP contribution in [0.25, 0.3) is 21.5 Å². The molecule has 0 aliphatic heterocycles. The molecular formula is C15H10Br2O. The van der Waals surface area contributed by atoms with Crippen molar-refractivity contribution in [2.75, 3.05) is 7.11 Å². The highest BCUT2D eigenvalue weighted by Gasteiger charge is 2.12. The molecule has 0 saturated heterocycles. The van der Waals surface area contributed by atoms with Crippen LogP contribution in [0.5, 0.6) is 5.75 Å². The van der Waals surface area contributed by atoms with Gasteiger partial charge in [-0.2, -0.15) is 0 Å². The zero-order valence-electron chi connectivity index (χ0n) is 9.71. The number of hydrogen-bond acceptors (Lipinski definition) is 1. The Balaban J connectivity index is 2.63. The monoisotopic (exact) mass is 364 g/mol. The molecule has 0 heterocycles. The van der Waals surface area contributed by atoms with Gasteiger partial charge in [0.2, 0.25) is 0 Å². The van der Waals surface area contributed by atoms with Crippen LogP contribution in [0.3, 0.4) is 0 Å². The largest absolute Gasteiger partial charge is 0.495 e. The van der Waals surface area contributed by atoms with Crippen LogP contribution in [0.2, 0.25) is 0 Å². The summed E-state index contributed by atoms with van der Waals surface area (Å²) >= 11 is 7.21. The van der Waals surface area contributed by atoms with Crippen molar-refractivity contribution < 1.29 is 4.74 Å². The Hall–Kier alpha value is -1.06. The van der Waals surface area contributed by atoms with Crippen LogP contribution < -0.4 is 4.74 Å². The van der Waals surface area contributed by atoms with E-state index in [1.54, 1.807) is 7.11 Å². The second-order valence-corrected chi connectivity index (χ2v) is 5.79. The molecule has 3 heteroatoms. The third-order valence-electron chi connectivity index (χ3n) is 3.06. The Morgan fingerprint density at radius 3 is 1.78 bits per heavy atom. The van der Waals surface area contributed by atoms with Crippen molar-refractivity contribution in [3.8, 4) is 5.75 Å². The van der Waals surface area contributed by atoms with Crippen molar-refractivity contribution in [3.63, 3.8) is 0 Å². The Morgan fingerprint density at radius 2 is 1.33 bits per heavy atom. The van der Waals surface area contributed by atoms with E-state index in [0.29, 0.717) is 0 Å². The Morgan fingerprint density at radius 1 is 0.833 bits per heavy atom. The lowest BCUT2D eigenvalue weighted by atomic mass is 10.0. The molecule has 18 heavy (non-hydrogen) atoms. The highest BCUT2D eigenvalue weighted by atomic mass is 79.9. The van der Waals surface area contributed by atoms with Gasteiger partial charge in [0.15, 0.2) is 0 Å². The van der Waals surface area contributed by atoms with E-state index in [1.165, 1.54) is 10.8 Å². The summed E-state index contributed by atoms with van der Waals surface area (Å²) in [5.74, 6) is 0.905. The summed E-state index contributed by atoms with van der Waals surface area (Å²) < 4.78 is 7.74. The number of hydrogen-bond donors (Lipinski definition) is 0. The van der Waals surface area contributed by atoms with E-state index in [9.17, 15) is 0 Å². The van der Waals surface area contributed by atoms with Gasteiger partial charge in [0.05, 0.1) is 7.11 Å². The first kappa shape index (κ1) is 12.0. The average molecular weight is 366 g/mol. The zero-order valence-corrected chi connectivity index (χ0v) is 12.9. The molecule has 0 bridgehead atoms. The number of benzene rings is 3. The van der Waals surface area contributed by atoms with E-state index >= 15 is 0 Å². The fourth-order valence-corrected chi connectivity index (χ4v) is 3.42. The maximum atomic E-state index is 5.64. The molecule has 0 N–H and O–H groups in total. The van der Waals surface area contributed by atoms with Crippen molar-refractivity contribution in [2.24, 2.45) is 0 Å². The number of rotatable bonds is 1. The van der Waals surface area contributed by atoms with Gasteiger partial charge in [0.1, 0.15) is 5.75 Å². The molecule has 0 aromatic heterocycles. The number of halogens is 2. The van der Waals surface area contributed by atoms with Gasteiger partial charge in [-0.1, -0.05) is 56.1 Å². The second-order valence-electron chi connectivity index (χ2n) is 4.09. The van der Waals surface area contributed by atoms with Crippen molar-refractivity contribution in [2.45, 2.75) is 0 Å². The molecule has 1 nitrogen and oxygen atoms in total. The predicted molar refractivity (Wildman–Crippen MR) is 83.4 cm³/mol. The van der Waals surface area contributed by atoms with Crippen LogP contribution in [-0.4, -0.2) is 7.11 Å². The van der Waals surface area contributed by atoms with Crippen molar-refractivity contribution in [1.82, 2.24) is 0 Å². The van der Waals surface area contributed by atoms with Crippen LogP contribution >= 0.6 is 31.9 Å². The molecule has 3 aromatic rings. The SMILES string of the molecule is COc1c2c(Br)cccc2cc2cccc(Br)c12. The molecule has 0 unspecified atom stereocenters. The van der Waals surface area contributed by atoms with Crippen LogP contribution in [0.15, 0.2) is 51.4 Å². The highest BCUT2D eigenvalue weighted by molar-refractivity contribution is 9.11. The van der Waals surface area contributed by atoms with E-state index in [1.807, 2.05) is 24.3 Å². The predicted octanol–water partition coefficient (Wildman–Crippen LogP) is 5.53. The summed E-state index contributed by atoms with van der Waals surface area (Å²) in [4.78, 5) is 0. The molecule has 0 saturated carbocycles. The molecule has 90 valence electrons. The topological polar surface area (TPSA) is 9.23 Å². The van der Waals surface area contributed by atoms with E-state index < -0.39 is 0 Å². The molecule has 0 radical (unpaired) electrons. The molecule has 3 rings (SSSR count). The Labute approximate surface area is 122 Å². The van der Waals surface area contributed by atoms with Crippen LogP contribution in [0.4, 0.5) is 0 Å². The zero-order chi connectivity index (χ0) is 12.7. The number of methoxy groups -OCH3 is 1. The molecule has 0 fully saturated rings. The first-order valence-corrected chi connectivity index (χ1v) is 7.14. The molecule has 0 spiro atoms. The van der Waals surface area contributed by atoms with Gasteiger partial charge in [-0.05, 0) is 29.0 Å². The minimum atomic E-state index is 0.905. The van der Waals surface area contributed by atoms with E-state index in [4.69, 9.17) is 4.74 Å². The van der Waals surface area contributed by atoms with Crippen molar-refractivity contribution in [3.05, 3.63) is 51.4 Å². The second kappa shape index (κ2) is 4.56. The lowest BCUT2D eigenvalue weighted by molar-refractivity contribution is 0.424. The molecular weight excluding hydrogens is 356 g/mol. The van der Waals surface area contributed by atoms with Gasteiger partial charge >= 0.3 is 0 Å². The van der Waals surface area contributed by atoms with Crippen LogP contribution in [0.1, 0.15) is 0 Å². The van der Waals surface area contributed by atoms with Crippen molar-refractivity contribution >= 4 is 53.4 Å². The summed E-state index contributed by atoms with van der Waals surface area (Å²) in [5, 5.41) is 4.57. The van der Waals surface area contributed by atoms with Crippen LogP contribution in [-0.2, 0) is 0 Å². The van der Waals surface area contributed by atoms with E-state index in [2.05, 4.69) is 50.1 Å². The molecule has 0 amide bonds. The molecule has 3 aromatic carbocycles. The summed E-state index contributed by atoms with van der Waals surface area (Å²) in [5.41, 5.74) is 0. The summed E-state index contributed by atoms with van der Waals surface area (Å²) in [7, 11) is 1.72. The van der Waals surface area contributed by atoms with Gasteiger partial charge in [0.25, 0.3) is 0 Å². The standard InChI is InChI=1S/C15H10Br2O/c1-18-15-13-9(4-2-6-11(13)16)8-10-5-3-7-12(17)14(10)15/h2-8H,1H3. The first-order chi connectivity index (χ1) is 8.72. The highest BCUT2D eigenvalue weighted by Crippen LogP contribution is 2.41. The average Bonchev–Trinajstić information content (AvgIpc) is 2.37. The smallest absolute Gasteiger partial charge is 0.136 e. The van der Waals surface area contributed by atoms with Gasteiger partial charge in [-0.15, -0.1) is 0 Å². The van der Waals surface area contributed by atoms with Gasteiger partial charge in [-0.3, -0.25) is 0 Å². The molecule has 0 aliphatic carbocycles. The maximum absolute atomic E-state index is 5.64. The van der Waals surface area contributed by atoms with Gasteiger partial charge < -0.3 is 4.74 Å². The van der Waals surface area contributed by atoms with E-state index in [-0.39, 0.29) is 0 Å². The third-order valence-corrected chi connectivity index (χ3v) is 4.38. The third kappa shape index (κ3) is 1.73. The lowest BCUT2D eigenvalue weighted by Crippen LogP contribution is -1.89. The number of fused-ring (bicyclic) bond motifs is 2. The molecule has 0 atom stereocenters. The first-order valence-electron chi connectivity index (χ1n) is 5.56.